The second kappa shape index (κ2) is 5.41. The van der Waals surface area contributed by atoms with Gasteiger partial charge in [0.25, 0.3) is 0 Å². The molecule has 1 saturated heterocycles. The van der Waals surface area contributed by atoms with Crippen LogP contribution in [0.15, 0.2) is 55.2 Å². The van der Waals surface area contributed by atoms with Crippen LogP contribution in [0.5, 0.6) is 0 Å². The van der Waals surface area contributed by atoms with Gasteiger partial charge in [0, 0.05) is 61.0 Å². The molecule has 3 nitrogen and oxygen atoms in total. The highest BCUT2D eigenvalue weighted by molar-refractivity contribution is 5.90. The van der Waals surface area contributed by atoms with Crippen molar-refractivity contribution in [1.29, 1.82) is 0 Å². The van der Waals surface area contributed by atoms with Crippen molar-refractivity contribution >= 4 is 28.0 Å². The third-order valence-corrected chi connectivity index (χ3v) is 5.71. The molecule has 0 spiro atoms. The van der Waals surface area contributed by atoms with Crippen LogP contribution in [0.1, 0.15) is 24.0 Å². The van der Waals surface area contributed by atoms with E-state index < -0.39 is 0 Å². The summed E-state index contributed by atoms with van der Waals surface area (Å²) in [6, 6.07) is 15.8. The maximum Gasteiger partial charge on any atom is 0.0498 e. The van der Waals surface area contributed by atoms with Gasteiger partial charge in [0.15, 0.2) is 0 Å². The lowest BCUT2D eigenvalue weighted by Crippen LogP contribution is -2.17. The van der Waals surface area contributed by atoms with E-state index in [1.165, 1.54) is 59.3 Å². The van der Waals surface area contributed by atoms with Gasteiger partial charge in [0.05, 0.1) is 0 Å². The highest BCUT2D eigenvalue weighted by Crippen LogP contribution is 2.39. The predicted molar refractivity (Wildman–Crippen MR) is 106 cm³/mol. The Balaban J connectivity index is 1.51. The molecule has 0 amide bonds. The molecule has 5 rings (SSSR count). The van der Waals surface area contributed by atoms with Crippen LogP contribution in [0.2, 0.25) is 0 Å². The van der Waals surface area contributed by atoms with E-state index in [-0.39, 0.29) is 0 Å². The summed E-state index contributed by atoms with van der Waals surface area (Å²) in [6.45, 7) is 7.68. The number of hydrogen-bond donors (Lipinski definition) is 0. The van der Waals surface area contributed by atoms with E-state index in [0.29, 0.717) is 0 Å². The number of aromatic nitrogens is 1. The molecule has 0 radical (unpaired) electrons. The van der Waals surface area contributed by atoms with Crippen LogP contribution < -0.4 is 9.80 Å². The molecule has 0 saturated carbocycles. The van der Waals surface area contributed by atoms with Gasteiger partial charge in [-0.15, -0.1) is 0 Å². The average Bonchev–Trinajstić information content (AvgIpc) is 3.35. The van der Waals surface area contributed by atoms with Gasteiger partial charge in [0.1, 0.15) is 0 Å². The number of hydrogen-bond acceptors (Lipinski definition) is 2. The Labute approximate surface area is 148 Å². The summed E-state index contributed by atoms with van der Waals surface area (Å²) in [7, 11) is 2.10. The fraction of sp³-hybridized carbons (Fsp3) is 0.273. The Kier molecular flexibility index (Phi) is 3.17. The van der Waals surface area contributed by atoms with E-state index in [9.17, 15) is 0 Å². The minimum Gasteiger partial charge on any atom is -0.372 e. The minimum absolute atomic E-state index is 0.907. The summed E-state index contributed by atoms with van der Waals surface area (Å²) < 4.78 is 2.18. The normalized spacial score (nSPS) is 16.9. The van der Waals surface area contributed by atoms with Gasteiger partial charge in [0.2, 0.25) is 0 Å². The first-order chi connectivity index (χ1) is 12.2. The zero-order valence-electron chi connectivity index (χ0n) is 14.7. The first kappa shape index (κ1) is 14.6. The molecule has 1 fully saturated rings. The molecule has 2 aromatic carbocycles. The second-order valence-corrected chi connectivity index (χ2v) is 7.24. The molecular formula is C22H23N3. The molecule has 0 bridgehead atoms. The lowest BCUT2D eigenvalue weighted by atomic mass is 10.1. The smallest absolute Gasteiger partial charge is 0.0498 e. The quantitative estimate of drug-likeness (QED) is 0.671. The maximum atomic E-state index is 4.41. The number of fused-ring (bicyclic) bond motifs is 2. The first-order valence-electron chi connectivity index (χ1n) is 9.10. The van der Waals surface area contributed by atoms with Gasteiger partial charge in [-0.25, -0.2) is 0 Å². The summed E-state index contributed by atoms with van der Waals surface area (Å²) in [4.78, 5) is 4.83. The number of benzene rings is 2. The molecule has 1 aromatic heterocycles. The molecule has 25 heavy (non-hydrogen) atoms. The molecule has 0 atom stereocenters. The van der Waals surface area contributed by atoms with Crippen molar-refractivity contribution in [3.05, 3.63) is 66.4 Å². The van der Waals surface area contributed by atoms with Crippen molar-refractivity contribution in [1.82, 2.24) is 4.57 Å². The molecule has 0 N–H and O–H groups in total. The molecule has 2 aliphatic heterocycles. The van der Waals surface area contributed by atoms with Crippen LogP contribution in [-0.4, -0.2) is 17.7 Å². The summed E-state index contributed by atoms with van der Waals surface area (Å²) in [5.41, 5.74) is 7.62. The van der Waals surface area contributed by atoms with E-state index in [0.717, 1.165) is 12.2 Å². The van der Waals surface area contributed by atoms with Crippen molar-refractivity contribution in [2.75, 3.05) is 22.9 Å². The predicted octanol–water partition coefficient (Wildman–Crippen LogP) is 4.77. The fourth-order valence-corrected chi connectivity index (χ4v) is 4.22. The summed E-state index contributed by atoms with van der Waals surface area (Å²) in [5.74, 6) is 0. The molecule has 126 valence electrons. The highest BCUT2D eigenvalue weighted by Gasteiger charge is 2.25. The standard InChI is InChI=1S/C22H23N3/c1-16-21-13-19(24-10-3-4-11-24)7-6-18(21)15-25(16)20-8-5-17-9-12-23(2)22(17)14-20/h5-9,12-14H,1,3-4,10-11,15H2,2H3. The van der Waals surface area contributed by atoms with Crippen LogP contribution in [0.25, 0.3) is 16.6 Å². The van der Waals surface area contributed by atoms with E-state index in [1.54, 1.807) is 0 Å². The Morgan fingerprint density at radius 3 is 2.56 bits per heavy atom. The van der Waals surface area contributed by atoms with Crippen molar-refractivity contribution in [2.45, 2.75) is 19.4 Å². The van der Waals surface area contributed by atoms with E-state index in [4.69, 9.17) is 0 Å². The Morgan fingerprint density at radius 1 is 0.920 bits per heavy atom. The van der Waals surface area contributed by atoms with Crippen LogP contribution >= 0.6 is 0 Å². The molecule has 3 heteroatoms. The minimum atomic E-state index is 0.907. The second-order valence-electron chi connectivity index (χ2n) is 7.24. The molecular weight excluding hydrogens is 306 g/mol. The lowest BCUT2D eigenvalue weighted by Gasteiger charge is -2.20. The fourth-order valence-electron chi connectivity index (χ4n) is 4.22. The average molecular weight is 329 g/mol. The van der Waals surface area contributed by atoms with Crippen molar-refractivity contribution in [3.63, 3.8) is 0 Å². The molecule has 3 aromatic rings. The monoisotopic (exact) mass is 329 g/mol. The summed E-state index contributed by atoms with van der Waals surface area (Å²) in [6.07, 6.45) is 4.73. The van der Waals surface area contributed by atoms with Crippen LogP contribution in [0.3, 0.4) is 0 Å². The third-order valence-electron chi connectivity index (χ3n) is 5.71. The summed E-state index contributed by atoms with van der Waals surface area (Å²) in [5, 5.41) is 1.28. The van der Waals surface area contributed by atoms with Crippen LogP contribution in [-0.2, 0) is 13.6 Å². The SMILES string of the molecule is C=C1c2cc(N3CCCC3)ccc2CN1c1ccc2ccn(C)c2c1. The van der Waals surface area contributed by atoms with Gasteiger partial charge >= 0.3 is 0 Å². The van der Waals surface area contributed by atoms with Gasteiger partial charge in [-0.2, -0.15) is 0 Å². The Morgan fingerprint density at radius 2 is 1.72 bits per heavy atom. The summed E-state index contributed by atoms with van der Waals surface area (Å²) >= 11 is 0. The number of anilines is 2. The van der Waals surface area contributed by atoms with Gasteiger partial charge < -0.3 is 14.4 Å². The molecule has 0 aliphatic carbocycles. The molecule has 3 heterocycles. The van der Waals surface area contributed by atoms with E-state index in [1.807, 2.05) is 0 Å². The number of nitrogens with zero attached hydrogens (tertiary/aromatic N) is 3. The first-order valence-corrected chi connectivity index (χ1v) is 9.10. The zero-order chi connectivity index (χ0) is 17.0. The van der Waals surface area contributed by atoms with Crippen LogP contribution in [0, 0.1) is 0 Å². The van der Waals surface area contributed by atoms with E-state index in [2.05, 4.69) is 76.7 Å². The number of aryl methyl sites for hydroxylation is 1. The largest absolute Gasteiger partial charge is 0.372 e. The maximum absolute atomic E-state index is 4.41. The van der Waals surface area contributed by atoms with Crippen molar-refractivity contribution in [2.24, 2.45) is 7.05 Å². The van der Waals surface area contributed by atoms with Crippen molar-refractivity contribution < 1.29 is 0 Å². The Hall–Kier alpha value is -2.68. The highest BCUT2D eigenvalue weighted by atomic mass is 15.2. The van der Waals surface area contributed by atoms with E-state index >= 15 is 0 Å². The van der Waals surface area contributed by atoms with Gasteiger partial charge in [-0.1, -0.05) is 18.7 Å². The van der Waals surface area contributed by atoms with Gasteiger partial charge in [-0.3, -0.25) is 0 Å². The topological polar surface area (TPSA) is 11.4 Å². The number of rotatable bonds is 2. The third kappa shape index (κ3) is 2.26. The lowest BCUT2D eigenvalue weighted by molar-refractivity contribution is 0.949. The van der Waals surface area contributed by atoms with Crippen LogP contribution in [0.4, 0.5) is 11.4 Å². The molecule has 0 unspecified atom stereocenters. The zero-order valence-corrected chi connectivity index (χ0v) is 14.7. The van der Waals surface area contributed by atoms with Gasteiger partial charge in [-0.05, 0) is 54.1 Å². The van der Waals surface area contributed by atoms with Crippen molar-refractivity contribution in [3.8, 4) is 0 Å². The Bertz CT molecular complexity index is 976. The molecule has 2 aliphatic rings.